The lowest BCUT2D eigenvalue weighted by atomic mass is 9.84. The third kappa shape index (κ3) is 2.40. The number of allylic oxidation sites excluding steroid dienone is 4. The van der Waals surface area contributed by atoms with Crippen LogP contribution in [-0.2, 0) is 4.74 Å². The molecule has 124 valence electrons. The first-order chi connectivity index (χ1) is 11.7. The van der Waals surface area contributed by atoms with Gasteiger partial charge in [0.2, 0.25) is 5.76 Å². The molecule has 1 saturated carbocycles. The Hall–Kier alpha value is -2.56. The highest BCUT2D eigenvalue weighted by molar-refractivity contribution is 6.05. The Kier molecular flexibility index (Phi) is 3.63. The minimum Gasteiger partial charge on any atom is -0.463 e. The lowest BCUT2D eigenvalue weighted by molar-refractivity contribution is 0.0559. The van der Waals surface area contributed by atoms with Gasteiger partial charge < -0.3 is 13.9 Å². The van der Waals surface area contributed by atoms with E-state index in [-0.39, 0.29) is 11.7 Å². The maximum atomic E-state index is 11.5. The predicted octanol–water partition coefficient (Wildman–Crippen LogP) is 4.19. The topological polar surface area (TPSA) is 61.0 Å². The first kappa shape index (κ1) is 15.0. The van der Waals surface area contributed by atoms with Crippen molar-refractivity contribution in [1.82, 2.24) is 0 Å². The first-order valence-corrected chi connectivity index (χ1v) is 8.27. The number of hydrogen-bond donors (Lipinski definition) is 0. The Morgan fingerprint density at radius 3 is 2.96 bits per heavy atom. The zero-order chi connectivity index (χ0) is 16.7. The zero-order valence-corrected chi connectivity index (χ0v) is 13.8. The molecule has 0 bridgehead atoms. The van der Waals surface area contributed by atoms with Crippen LogP contribution in [0.3, 0.4) is 0 Å². The molecule has 5 heteroatoms. The summed E-state index contributed by atoms with van der Waals surface area (Å²) in [5, 5.41) is 0. The second-order valence-corrected chi connectivity index (χ2v) is 6.23. The van der Waals surface area contributed by atoms with Gasteiger partial charge in [0.15, 0.2) is 5.76 Å². The van der Waals surface area contributed by atoms with Crippen LogP contribution in [0.15, 0.2) is 56.3 Å². The molecule has 0 amide bonds. The van der Waals surface area contributed by atoms with Crippen LogP contribution in [0.4, 0.5) is 0 Å². The fourth-order valence-electron chi connectivity index (χ4n) is 3.50. The quantitative estimate of drug-likeness (QED) is 0.782. The van der Waals surface area contributed by atoms with Gasteiger partial charge in [-0.25, -0.2) is 9.79 Å². The summed E-state index contributed by atoms with van der Waals surface area (Å²) in [6, 6.07) is 3.16. The van der Waals surface area contributed by atoms with Crippen molar-refractivity contribution in [3.8, 4) is 5.95 Å². The maximum Gasteiger partial charge on any atom is 0.374 e. The van der Waals surface area contributed by atoms with Crippen LogP contribution in [0.5, 0.6) is 5.95 Å². The molecule has 4 rings (SSSR count). The highest BCUT2D eigenvalue weighted by Crippen LogP contribution is 2.42. The number of nitrogens with zero attached hydrogens (tertiary/aromatic N) is 1. The van der Waals surface area contributed by atoms with Crippen molar-refractivity contribution in [3.05, 3.63) is 52.6 Å². The van der Waals surface area contributed by atoms with Crippen molar-refractivity contribution in [2.24, 2.45) is 10.9 Å². The molecular formula is C19H19NO4. The van der Waals surface area contributed by atoms with E-state index in [0.717, 1.165) is 18.5 Å². The largest absolute Gasteiger partial charge is 0.463 e. The third-order valence-corrected chi connectivity index (χ3v) is 4.67. The molecule has 1 fully saturated rings. The van der Waals surface area contributed by atoms with E-state index in [2.05, 4.69) is 17.7 Å². The lowest BCUT2D eigenvalue weighted by Crippen LogP contribution is -2.11. The van der Waals surface area contributed by atoms with Crippen LogP contribution >= 0.6 is 0 Å². The van der Waals surface area contributed by atoms with E-state index in [9.17, 15) is 4.79 Å². The van der Waals surface area contributed by atoms with Crippen molar-refractivity contribution in [3.63, 3.8) is 0 Å². The number of ether oxygens (including phenoxy) is 2. The number of fused-ring (bicyclic) bond motifs is 2. The number of hydrogen-bond acceptors (Lipinski definition) is 5. The second kappa shape index (κ2) is 5.82. The molecule has 24 heavy (non-hydrogen) atoms. The molecule has 2 aliphatic carbocycles. The Morgan fingerprint density at radius 1 is 1.29 bits per heavy atom. The van der Waals surface area contributed by atoms with Gasteiger partial charge in [0.25, 0.3) is 5.95 Å². The maximum absolute atomic E-state index is 11.5. The summed E-state index contributed by atoms with van der Waals surface area (Å²) in [7, 11) is 1.32. The second-order valence-electron chi connectivity index (χ2n) is 6.23. The lowest BCUT2D eigenvalue weighted by Gasteiger charge is -2.20. The van der Waals surface area contributed by atoms with Crippen molar-refractivity contribution < 1.29 is 18.7 Å². The normalized spacial score (nSPS) is 22.2. The summed E-state index contributed by atoms with van der Waals surface area (Å²) >= 11 is 0. The van der Waals surface area contributed by atoms with Gasteiger partial charge in [-0.15, -0.1) is 0 Å². The molecule has 2 heterocycles. The highest BCUT2D eigenvalue weighted by Gasteiger charge is 2.32. The minimum absolute atomic E-state index is 0.122. The fourth-order valence-corrected chi connectivity index (χ4v) is 3.50. The zero-order valence-electron chi connectivity index (χ0n) is 13.8. The summed E-state index contributed by atoms with van der Waals surface area (Å²) in [6.07, 6.45) is 8.61. The molecule has 1 aromatic heterocycles. The van der Waals surface area contributed by atoms with Crippen molar-refractivity contribution in [2.75, 3.05) is 7.11 Å². The third-order valence-electron chi connectivity index (χ3n) is 4.67. The van der Waals surface area contributed by atoms with Crippen molar-refractivity contribution in [1.29, 1.82) is 0 Å². The summed E-state index contributed by atoms with van der Waals surface area (Å²) in [5.74, 6) is 0.866. The molecule has 1 unspecified atom stereocenters. The number of rotatable bonds is 3. The molecule has 5 nitrogen and oxygen atoms in total. The summed E-state index contributed by atoms with van der Waals surface area (Å²) in [6.45, 7) is 2.19. The van der Waals surface area contributed by atoms with Gasteiger partial charge in [0.1, 0.15) is 5.70 Å². The number of furan rings is 1. The van der Waals surface area contributed by atoms with Gasteiger partial charge in [0.05, 0.1) is 7.11 Å². The van der Waals surface area contributed by atoms with Crippen LogP contribution in [0.25, 0.3) is 0 Å². The van der Waals surface area contributed by atoms with Gasteiger partial charge in [-0.1, -0.05) is 13.0 Å². The summed E-state index contributed by atoms with van der Waals surface area (Å²) in [5.41, 5.74) is 4.79. The molecule has 1 aliphatic heterocycles. The minimum atomic E-state index is -0.523. The SMILES string of the molecule is COC(=O)c1ccc(OC2=C3N=C4CCCCC4=C3C(C)C=C2)o1. The van der Waals surface area contributed by atoms with E-state index in [0.29, 0.717) is 11.7 Å². The number of methoxy groups -OCH3 is 1. The molecule has 0 radical (unpaired) electrons. The number of esters is 1. The van der Waals surface area contributed by atoms with Crippen molar-refractivity contribution in [2.45, 2.75) is 32.6 Å². The first-order valence-electron chi connectivity index (χ1n) is 8.27. The molecule has 1 aromatic rings. The van der Waals surface area contributed by atoms with Gasteiger partial charge >= 0.3 is 5.97 Å². The van der Waals surface area contributed by atoms with E-state index in [1.807, 2.05) is 6.08 Å². The van der Waals surface area contributed by atoms with Crippen LogP contribution in [0.2, 0.25) is 0 Å². The Bertz CT molecular complexity index is 822. The van der Waals surface area contributed by atoms with Gasteiger partial charge in [-0.3, -0.25) is 0 Å². The van der Waals surface area contributed by atoms with Gasteiger partial charge in [-0.05, 0) is 49.0 Å². The van der Waals surface area contributed by atoms with E-state index >= 15 is 0 Å². The van der Waals surface area contributed by atoms with Gasteiger partial charge in [-0.2, -0.15) is 0 Å². The Balaban J connectivity index is 1.68. The average Bonchev–Trinajstić information content (AvgIpc) is 3.21. The van der Waals surface area contributed by atoms with E-state index in [1.54, 1.807) is 12.1 Å². The smallest absolute Gasteiger partial charge is 0.374 e. The monoisotopic (exact) mass is 325 g/mol. The predicted molar refractivity (Wildman–Crippen MR) is 88.9 cm³/mol. The molecule has 0 spiro atoms. The number of carbonyl (C=O) groups is 1. The van der Waals surface area contributed by atoms with Crippen LogP contribution < -0.4 is 4.74 Å². The van der Waals surface area contributed by atoms with Crippen molar-refractivity contribution >= 4 is 11.7 Å². The van der Waals surface area contributed by atoms with E-state index in [1.165, 1.54) is 36.8 Å². The Morgan fingerprint density at radius 2 is 2.12 bits per heavy atom. The van der Waals surface area contributed by atoms with Crippen LogP contribution in [0, 0.1) is 5.92 Å². The average molecular weight is 325 g/mol. The van der Waals surface area contributed by atoms with Crippen LogP contribution in [0.1, 0.15) is 43.2 Å². The molecule has 1 atom stereocenters. The standard InChI is InChI=1S/C19H19NO4/c1-11-7-8-14(23-16-10-9-15(24-16)19(21)22-2)18-17(11)12-5-3-4-6-13(12)20-18/h7-11H,3-6H2,1-2H3. The van der Waals surface area contributed by atoms with Crippen LogP contribution in [-0.4, -0.2) is 18.8 Å². The molecule has 3 aliphatic rings. The fraction of sp³-hybridized carbons (Fsp3) is 0.368. The van der Waals surface area contributed by atoms with E-state index < -0.39 is 5.97 Å². The molecule has 0 saturated heterocycles. The van der Waals surface area contributed by atoms with E-state index in [4.69, 9.17) is 14.1 Å². The number of aliphatic imine (C=N–C) groups is 1. The molecule has 0 N–H and O–H groups in total. The molecular weight excluding hydrogens is 306 g/mol. The number of carbonyl (C=O) groups excluding carboxylic acids is 1. The molecule has 0 aromatic carbocycles. The summed E-state index contributed by atoms with van der Waals surface area (Å²) in [4.78, 5) is 16.3. The Labute approximate surface area is 140 Å². The highest BCUT2D eigenvalue weighted by atomic mass is 16.6. The summed E-state index contributed by atoms with van der Waals surface area (Å²) < 4.78 is 15.9. The van der Waals surface area contributed by atoms with Gasteiger partial charge in [0, 0.05) is 17.7 Å².